The fourth-order valence-electron chi connectivity index (χ4n) is 1.08. The Labute approximate surface area is 74.4 Å². The Balaban J connectivity index is 2.99. The van der Waals surface area contributed by atoms with Crippen molar-refractivity contribution in [2.24, 2.45) is 0 Å². The van der Waals surface area contributed by atoms with Crippen LogP contribution in [0.25, 0.3) is 0 Å². The molecular weight excluding hydrogens is 178 g/mol. The summed E-state index contributed by atoms with van der Waals surface area (Å²) in [5, 5.41) is 17.5. The summed E-state index contributed by atoms with van der Waals surface area (Å²) in [6.07, 6.45) is 0. The van der Waals surface area contributed by atoms with Crippen LogP contribution >= 0.6 is 0 Å². The fraction of sp³-hybridized carbons (Fsp3) is 0.333. The normalized spacial score (nSPS) is 10.8. The fourth-order valence-corrected chi connectivity index (χ4v) is 1.08. The zero-order chi connectivity index (χ0) is 9.84. The summed E-state index contributed by atoms with van der Waals surface area (Å²) in [4.78, 5) is 0. The van der Waals surface area contributed by atoms with Gasteiger partial charge in [0.25, 0.3) is 0 Å². The van der Waals surface area contributed by atoms with Crippen LogP contribution in [0, 0.1) is 11.6 Å². The number of aliphatic hydroxyl groups excluding tert-OH is 2. The lowest BCUT2D eigenvalue weighted by Crippen LogP contribution is -2.09. The van der Waals surface area contributed by atoms with Gasteiger partial charge in [-0.15, -0.1) is 0 Å². The largest absolute Gasteiger partial charge is 0.396 e. The molecular formula is C9H10F2O2. The maximum absolute atomic E-state index is 12.7. The number of hydrogen-bond donors (Lipinski definition) is 2. The van der Waals surface area contributed by atoms with Crippen LogP contribution in [0.1, 0.15) is 11.5 Å². The molecule has 0 fully saturated rings. The molecule has 13 heavy (non-hydrogen) atoms. The summed E-state index contributed by atoms with van der Waals surface area (Å²) in [6, 6.07) is 2.94. The molecule has 0 aliphatic heterocycles. The van der Waals surface area contributed by atoms with E-state index in [2.05, 4.69) is 0 Å². The minimum Gasteiger partial charge on any atom is -0.396 e. The zero-order valence-corrected chi connectivity index (χ0v) is 6.87. The highest BCUT2D eigenvalue weighted by Gasteiger charge is 2.11. The molecule has 0 saturated heterocycles. The molecule has 72 valence electrons. The molecule has 0 aromatic heterocycles. The van der Waals surface area contributed by atoms with Gasteiger partial charge >= 0.3 is 0 Å². The zero-order valence-electron chi connectivity index (χ0n) is 6.87. The molecule has 0 amide bonds. The van der Waals surface area contributed by atoms with Gasteiger partial charge in [-0.3, -0.25) is 0 Å². The van der Waals surface area contributed by atoms with Gasteiger partial charge in [-0.25, -0.2) is 8.78 Å². The maximum atomic E-state index is 12.7. The molecule has 0 saturated carbocycles. The third kappa shape index (κ3) is 2.47. The van der Waals surface area contributed by atoms with Crippen molar-refractivity contribution >= 4 is 0 Å². The van der Waals surface area contributed by atoms with Crippen LogP contribution in [0.15, 0.2) is 18.2 Å². The summed E-state index contributed by atoms with van der Waals surface area (Å²) in [5.74, 6) is -2.03. The molecule has 0 heterocycles. The van der Waals surface area contributed by atoms with Gasteiger partial charge < -0.3 is 10.2 Å². The molecule has 1 rings (SSSR count). The predicted molar refractivity (Wildman–Crippen MR) is 43.3 cm³/mol. The van der Waals surface area contributed by atoms with Gasteiger partial charge in [-0.1, -0.05) is 0 Å². The van der Waals surface area contributed by atoms with Crippen molar-refractivity contribution in [3.8, 4) is 0 Å². The van der Waals surface area contributed by atoms with E-state index in [1.807, 2.05) is 0 Å². The molecule has 4 heteroatoms. The van der Waals surface area contributed by atoms with Crippen molar-refractivity contribution in [3.63, 3.8) is 0 Å². The van der Waals surface area contributed by atoms with Gasteiger partial charge in [0, 0.05) is 12.0 Å². The lowest BCUT2D eigenvalue weighted by molar-refractivity contribution is 0.192. The average Bonchev–Trinajstić information content (AvgIpc) is 2.04. The minimum atomic E-state index is -0.707. The Morgan fingerprint density at radius 1 is 1.00 bits per heavy atom. The van der Waals surface area contributed by atoms with Crippen molar-refractivity contribution in [1.29, 1.82) is 0 Å². The first kappa shape index (κ1) is 10.1. The Kier molecular flexibility index (Phi) is 3.33. The van der Waals surface area contributed by atoms with Gasteiger partial charge in [0.15, 0.2) is 0 Å². The Morgan fingerprint density at radius 3 is 1.85 bits per heavy atom. The third-order valence-corrected chi connectivity index (χ3v) is 1.80. The molecule has 1 aromatic carbocycles. The summed E-state index contributed by atoms with van der Waals surface area (Å²) in [6.45, 7) is -0.668. The van der Waals surface area contributed by atoms with Gasteiger partial charge in [0.1, 0.15) is 11.6 Å². The first-order valence-electron chi connectivity index (χ1n) is 3.85. The maximum Gasteiger partial charge on any atom is 0.126 e. The quantitative estimate of drug-likeness (QED) is 0.743. The number of benzene rings is 1. The number of rotatable bonds is 3. The van der Waals surface area contributed by atoms with Crippen LogP contribution in [0.4, 0.5) is 8.78 Å². The van der Waals surface area contributed by atoms with Crippen LogP contribution < -0.4 is 0 Å². The molecule has 0 aliphatic carbocycles. The van der Waals surface area contributed by atoms with Gasteiger partial charge in [-0.05, 0) is 17.7 Å². The summed E-state index contributed by atoms with van der Waals surface area (Å²) in [5.41, 5.74) is 0.266. The highest BCUT2D eigenvalue weighted by molar-refractivity contribution is 5.22. The van der Waals surface area contributed by atoms with Gasteiger partial charge in [0.05, 0.1) is 13.2 Å². The summed E-state index contributed by atoms with van der Waals surface area (Å²) < 4.78 is 25.3. The Morgan fingerprint density at radius 2 is 1.46 bits per heavy atom. The molecule has 0 unspecified atom stereocenters. The monoisotopic (exact) mass is 188 g/mol. The van der Waals surface area contributed by atoms with E-state index in [0.29, 0.717) is 0 Å². The number of halogens is 2. The van der Waals surface area contributed by atoms with Crippen molar-refractivity contribution < 1.29 is 19.0 Å². The van der Waals surface area contributed by atoms with Gasteiger partial charge in [-0.2, -0.15) is 0 Å². The second-order valence-electron chi connectivity index (χ2n) is 2.76. The lowest BCUT2D eigenvalue weighted by atomic mass is 10.0. The van der Waals surface area contributed by atoms with Crippen molar-refractivity contribution in [1.82, 2.24) is 0 Å². The molecule has 2 N–H and O–H groups in total. The van der Waals surface area contributed by atoms with E-state index >= 15 is 0 Å². The van der Waals surface area contributed by atoms with Crippen LogP contribution in [0.5, 0.6) is 0 Å². The van der Waals surface area contributed by atoms with E-state index < -0.39 is 17.6 Å². The van der Waals surface area contributed by atoms with Crippen molar-refractivity contribution in [3.05, 3.63) is 35.4 Å². The lowest BCUT2D eigenvalue weighted by Gasteiger charge is -2.10. The summed E-state index contributed by atoms with van der Waals surface area (Å²) in [7, 11) is 0. The molecule has 0 bridgehead atoms. The minimum absolute atomic E-state index is 0.266. The van der Waals surface area contributed by atoms with Crippen LogP contribution in [0.2, 0.25) is 0 Å². The van der Waals surface area contributed by atoms with E-state index in [-0.39, 0.29) is 18.8 Å². The Hall–Kier alpha value is -1.00. The van der Waals surface area contributed by atoms with E-state index in [9.17, 15) is 8.78 Å². The highest BCUT2D eigenvalue weighted by Crippen LogP contribution is 2.17. The average molecular weight is 188 g/mol. The van der Waals surface area contributed by atoms with Crippen molar-refractivity contribution in [2.45, 2.75) is 5.92 Å². The molecule has 0 radical (unpaired) electrons. The SMILES string of the molecule is OCC(CO)c1cc(F)cc(F)c1. The molecule has 1 aromatic rings. The van der Waals surface area contributed by atoms with E-state index in [0.717, 1.165) is 18.2 Å². The predicted octanol–water partition coefficient (Wildman–Crippen LogP) is 1.03. The van der Waals surface area contributed by atoms with E-state index in [4.69, 9.17) is 10.2 Å². The van der Waals surface area contributed by atoms with Crippen LogP contribution in [-0.2, 0) is 0 Å². The first-order chi connectivity index (χ1) is 6.17. The molecule has 2 nitrogen and oxygen atoms in total. The van der Waals surface area contributed by atoms with Crippen LogP contribution in [0.3, 0.4) is 0 Å². The molecule has 0 spiro atoms. The van der Waals surface area contributed by atoms with Crippen LogP contribution in [-0.4, -0.2) is 23.4 Å². The topological polar surface area (TPSA) is 40.5 Å². The molecule has 0 atom stereocenters. The smallest absolute Gasteiger partial charge is 0.126 e. The number of hydrogen-bond acceptors (Lipinski definition) is 2. The Bertz CT molecular complexity index is 265. The summed E-state index contributed by atoms with van der Waals surface area (Å²) >= 11 is 0. The van der Waals surface area contributed by atoms with Gasteiger partial charge in [0.2, 0.25) is 0 Å². The van der Waals surface area contributed by atoms with Crippen molar-refractivity contribution in [2.75, 3.05) is 13.2 Å². The van der Waals surface area contributed by atoms with E-state index in [1.165, 1.54) is 0 Å². The standard InChI is InChI=1S/C9H10F2O2/c10-8-1-6(2-9(11)3-8)7(4-12)5-13/h1-3,7,12-13H,4-5H2. The van der Waals surface area contributed by atoms with E-state index in [1.54, 1.807) is 0 Å². The second-order valence-corrected chi connectivity index (χ2v) is 2.76. The first-order valence-corrected chi connectivity index (χ1v) is 3.85. The third-order valence-electron chi connectivity index (χ3n) is 1.80. The number of aliphatic hydroxyl groups is 2. The highest BCUT2D eigenvalue weighted by atomic mass is 19.1. The second kappa shape index (κ2) is 4.30. The molecule has 0 aliphatic rings.